The molecule has 2 fully saturated rings. The van der Waals surface area contributed by atoms with Crippen molar-refractivity contribution in [3.63, 3.8) is 0 Å². The van der Waals surface area contributed by atoms with Crippen molar-refractivity contribution in [1.29, 1.82) is 0 Å². The van der Waals surface area contributed by atoms with E-state index in [2.05, 4.69) is 38.8 Å². The number of nitrogens with zero attached hydrogens (tertiary/aromatic N) is 3. The summed E-state index contributed by atoms with van der Waals surface area (Å²) in [4.78, 5) is 9.24. The van der Waals surface area contributed by atoms with Crippen LogP contribution >= 0.6 is 35.7 Å². The minimum atomic E-state index is -0.186. The average Bonchev–Trinajstić information content (AvgIpc) is 2.72. The van der Waals surface area contributed by atoms with Gasteiger partial charge in [0.05, 0.1) is 19.3 Å². The molecular formula is C20H32FIN4OS. The fraction of sp³-hybridized carbons (Fsp3) is 0.650. The van der Waals surface area contributed by atoms with Crippen LogP contribution in [0.3, 0.4) is 0 Å². The molecule has 1 N–H and O–H groups in total. The molecule has 1 aromatic rings. The van der Waals surface area contributed by atoms with Gasteiger partial charge in [-0.3, -0.25) is 9.89 Å². The standard InChI is InChI=1S/C20H31FN4OS.HI/c1-3-18-15-25(9-12-27-18)20(22-2)23-14-19(24-7-10-26-11-8-24)16-5-4-6-17(21)13-16;/h4-6,13,18-19H,3,7-12,14-15H2,1-2H3,(H,22,23);1H. The summed E-state index contributed by atoms with van der Waals surface area (Å²) < 4.78 is 19.3. The van der Waals surface area contributed by atoms with E-state index in [0.717, 1.165) is 56.7 Å². The maximum Gasteiger partial charge on any atom is 0.193 e. The highest BCUT2D eigenvalue weighted by Gasteiger charge is 2.25. The lowest BCUT2D eigenvalue weighted by Gasteiger charge is -2.37. The van der Waals surface area contributed by atoms with Crippen LogP contribution in [-0.4, -0.2) is 79.7 Å². The molecule has 0 saturated carbocycles. The van der Waals surface area contributed by atoms with Gasteiger partial charge in [-0.05, 0) is 24.1 Å². The van der Waals surface area contributed by atoms with Crippen LogP contribution in [0, 0.1) is 5.82 Å². The zero-order valence-corrected chi connectivity index (χ0v) is 19.9. The van der Waals surface area contributed by atoms with Crippen LogP contribution in [0.4, 0.5) is 4.39 Å². The molecule has 0 amide bonds. The van der Waals surface area contributed by atoms with E-state index < -0.39 is 0 Å². The number of aliphatic imine (C=N–C) groups is 1. The summed E-state index contributed by atoms with van der Waals surface area (Å²) >= 11 is 2.05. The number of hydrogen-bond donors (Lipinski definition) is 1. The zero-order chi connectivity index (χ0) is 19.1. The maximum atomic E-state index is 13.8. The van der Waals surface area contributed by atoms with Crippen molar-refractivity contribution in [2.24, 2.45) is 4.99 Å². The van der Waals surface area contributed by atoms with Crippen molar-refractivity contribution >= 4 is 41.7 Å². The van der Waals surface area contributed by atoms with Crippen molar-refractivity contribution < 1.29 is 9.13 Å². The van der Waals surface area contributed by atoms with Crippen LogP contribution < -0.4 is 5.32 Å². The number of halogens is 2. The molecule has 2 atom stereocenters. The lowest BCUT2D eigenvalue weighted by atomic mass is 10.0. The van der Waals surface area contributed by atoms with Gasteiger partial charge in [-0.1, -0.05) is 19.1 Å². The second-order valence-electron chi connectivity index (χ2n) is 6.99. The molecule has 8 heteroatoms. The molecule has 0 aliphatic carbocycles. The van der Waals surface area contributed by atoms with E-state index in [-0.39, 0.29) is 35.8 Å². The summed E-state index contributed by atoms with van der Waals surface area (Å²) in [6.45, 7) is 8.17. The number of ether oxygens (including phenoxy) is 1. The van der Waals surface area contributed by atoms with Crippen molar-refractivity contribution in [3.05, 3.63) is 35.6 Å². The lowest BCUT2D eigenvalue weighted by Crippen LogP contribution is -2.50. The topological polar surface area (TPSA) is 40.1 Å². The Morgan fingerprint density at radius 1 is 1.36 bits per heavy atom. The third-order valence-corrected chi connectivity index (χ3v) is 6.65. The van der Waals surface area contributed by atoms with E-state index in [0.29, 0.717) is 11.8 Å². The SMILES string of the molecule is CCC1CN(C(=NC)NCC(c2cccc(F)c2)N2CCOCC2)CCS1.I. The van der Waals surface area contributed by atoms with Crippen molar-refractivity contribution in [2.45, 2.75) is 24.6 Å². The Morgan fingerprint density at radius 3 is 2.82 bits per heavy atom. The lowest BCUT2D eigenvalue weighted by molar-refractivity contribution is 0.0168. The Bertz CT molecular complexity index is 630. The molecule has 2 aliphatic rings. The van der Waals surface area contributed by atoms with Gasteiger partial charge in [0.1, 0.15) is 5.82 Å². The summed E-state index contributed by atoms with van der Waals surface area (Å²) in [6, 6.07) is 7.05. The van der Waals surface area contributed by atoms with E-state index >= 15 is 0 Å². The normalized spacial score (nSPS) is 22.5. The van der Waals surface area contributed by atoms with Gasteiger partial charge in [-0.25, -0.2) is 4.39 Å². The molecule has 1 aromatic carbocycles. The molecule has 0 bridgehead atoms. The predicted molar refractivity (Wildman–Crippen MR) is 126 cm³/mol. The largest absolute Gasteiger partial charge is 0.379 e. The van der Waals surface area contributed by atoms with Crippen molar-refractivity contribution in [1.82, 2.24) is 15.1 Å². The van der Waals surface area contributed by atoms with E-state index in [9.17, 15) is 4.39 Å². The number of guanidine groups is 1. The molecule has 2 heterocycles. The minimum absolute atomic E-state index is 0. The minimum Gasteiger partial charge on any atom is -0.379 e. The third kappa shape index (κ3) is 6.47. The van der Waals surface area contributed by atoms with Crippen LogP contribution in [0.1, 0.15) is 24.9 Å². The average molecular weight is 522 g/mol. The molecule has 5 nitrogen and oxygen atoms in total. The summed E-state index contributed by atoms with van der Waals surface area (Å²) in [5, 5.41) is 4.22. The molecule has 158 valence electrons. The summed E-state index contributed by atoms with van der Waals surface area (Å²) in [6.07, 6.45) is 1.18. The molecular weight excluding hydrogens is 490 g/mol. The Morgan fingerprint density at radius 2 is 2.14 bits per heavy atom. The van der Waals surface area contributed by atoms with Gasteiger partial charge >= 0.3 is 0 Å². The first kappa shape index (κ1) is 23.7. The van der Waals surface area contributed by atoms with E-state index in [4.69, 9.17) is 4.74 Å². The maximum absolute atomic E-state index is 13.8. The van der Waals surface area contributed by atoms with Gasteiger partial charge in [0.2, 0.25) is 0 Å². The second kappa shape index (κ2) is 12.2. The van der Waals surface area contributed by atoms with Crippen molar-refractivity contribution in [2.75, 3.05) is 58.7 Å². The monoisotopic (exact) mass is 522 g/mol. The first-order chi connectivity index (χ1) is 13.2. The summed E-state index contributed by atoms with van der Waals surface area (Å²) in [7, 11) is 1.84. The Kier molecular flexibility index (Phi) is 10.3. The van der Waals surface area contributed by atoms with Crippen LogP contribution in [-0.2, 0) is 4.74 Å². The van der Waals surface area contributed by atoms with Gasteiger partial charge in [0.15, 0.2) is 5.96 Å². The predicted octanol–water partition coefficient (Wildman–Crippen LogP) is 3.22. The quantitative estimate of drug-likeness (QED) is 0.366. The first-order valence-corrected chi connectivity index (χ1v) is 10.9. The Balaban J connectivity index is 0.00000280. The molecule has 2 unspecified atom stereocenters. The molecule has 2 saturated heterocycles. The number of nitrogens with one attached hydrogen (secondary N) is 1. The molecule has 0 radical (unpaired) electrons. The van der Waals surface area contributed by atoms with Gasteiger partial charge in [-0.2, -0.15) is 11.8 Å². The number of morpholine rings is 1. The molecule has 0 spiro atoms. The molecule has 28 heavy (non-hydrogen) atoms. The van der Waals surface area contributed by atoms with Crippen LogP contribution in [0.25, 0.3) is 0 Å². The fourth-order valence-electron chi connectivity index (χ4n) is 3.74. The number of thioether (sulfide) groups is 1. The number of hydrogen-bond acceptors (Lipinski definition) is 4. The Hall–Kier alpha value is -0.580. The molecule has 3 rings (SSSR count). The van der Waals surface area contributed by atoms with Crippen LogP contribution in [0.2, 0.25) is 0 Å². The van der Waals surface area contributed by atoms with E-state index in [1.807, 2.05) is 13.1 Å². The van der Waals surface area contributed by atoms with Gasteiger partial charge < -0.3 is 15.0 Å². The Labute approximate surface area is 189 Å². The van der Waals surface area contributed by atoms with Crippen LogP contribution in [0.15, 0.2) is 29.3 Å². The third-order valence-electron chi connectivity index (χ3n) is 5.28. The highest BCUT2D eigenvalue weighted by Crippen LogP contribution is 2.23. The van der Waals surface area contributed by atoms with Crippen LogP contribution in [0.5, 0.6) is 0 Å². The zero-order valence-electron chi connectivity index (χ0n) is 16.8. The highest BCUT2D eigenvalue weighted by atomic mass is 127. The molecule has 2 aliphatic heterocycles. The number of benzene rings is 1. The number of rotatable bonds is 5. The van der Waals surface area contributed by atoms with E-state index in [1.54, 1.807) is 12.1 Å². The second-order valence-corrected chi connectivity index (χ2v) is 8.40. The molecule has 0 aromatic heterocycles. The summed E-state index contributed by atoms with van der Waals surface area (Å²) in [5.74, 6) is 1.90. The van der Waals surface area contributed by atoms with Crippen molar-refractivity contribution in [3.8, 4) is 0 Å². The highest BCUT2D eigenvalue weighted by molar-refractivity contribution is 14.0. The fourth-order valence-corrected chi connectivity index (χ4v) is 4.92. The van der Waals surface area contributed by atoms with Gasteiger partial charge in [-0.15, -0.1) is 24.0 Å². The first-order valence-electron chi connectivity index (χ1n) is 9.85. The smallest absolute Gasteiger partial charge is 0.193 e. The summed E-state index contributed by atoms with van der Waals surface area (Å²) in [5.41, 5.74) is 1.00. The van der Waals surface area contributed by atoms with Gasteiger partial charge in [0.25, 0.3) is 0 Å². The van der Waals surface area contributed by atoms with Gasteiger partial charge in [0, 0.05) is 50.8 Å². The van der Waals surface area contributed by atoms with E-state index in [1.165, 1.54) is 12.5 Å².